The highest BCUT2D eigenvalue weighted by Crippen LogP contribution is 2.08. The Kier molecular flexibility index (Phi) is 6.19. The molecule has 0 amide bonds. The molecular formula is C13H26N4. The quantitative estimate of drug-likeness (QED) is 0.756. The largest absolute Gasteiger partial charge is 0.311 e. The van der Waals surface area contributed by atoms with Gasteiger partial charge in [-0.25, -0.2) is 4.98 Å². The molecule has 0 aliphatic rings. The fourth-order valence-electron chi connectivity index (χ4n) is 2.10. The number of nitrogens with one attached hydrogen (secondary N) is 1. The van der Waals surface area contributed by atoms with Crippen LogP contribution in [0, 0.1) is 0 Å². The van der Waals surface area contributed by atoms with E-state index in [1.807, 2.05) is 4.68 Å². The average Bonchev–Trinajstić information content (AvgIpc) is 2.72. The van der Waals surface area contributed by atoms with Crippen molar-refractivity contribution in [3.05, 3.63) is 12.2 Å². The molecule has 1 rings (SSSR count). The molecule has 0 aliphatic heterocycles. The zero-order valence-corrected chi connectivity index (χ0v) is 11.6. The first-order chi connectivity index (χ1) is 8.17. The molecule has 17 heavy (non-hydrogen) atoms. The predicted octanol–water partition coefficient (Wildman–Crippen LogP) is 2.40. The molecule has 1 aromatic rings. The molecule has 0 saturated heterocycles. The van der Waals surface area contributed by atoms with Gasteiger partial charge in [-0.15, -0.1) is 0 Å². The first kappa shape index (κ1) is 14.2. The summed E-state index contributed by atoms with van der Waals surface area (Å²) < 4.78 is 1.99. The second-order valence-corrected chi connectivity index (χ2v) is 4.86. The summed E-state index contributed by atoms with van der Waals surface area (Å²) in [7, 11) is 0. The van der Waals surface area contributed by atoms with E-state index >= 15 is 0 Å². The molecule has 1 N–H and O–H groups in total. The third kappa shape index (κ3) is 4.86. The molecule has 4 nitrogen and oxygen atoms in total. The molecule has 1 heterocycles. The molecule has 0 saturated carbocycles. The van der Waals surface area contributed by atoms with E-state index in [9.17, 15) is 0 Å². The van der Waals surface area contributed by atoms with E-state index in [1.54, 1.807) is 6.33 Å². The number of aromatic nitrogens is 3. The highest BCUT2D eigenvalue weighted by atomic mass is 15.3. The van der Waals surface area contributed by atoms with Gasteiger partial charge in [0.15, 0.2) is 0 Å². The van der Waals surface area contributed by atoms with Gasteiger partial charge in [0.1, 0.15) is 12.2 Å². The molecule has 1 aromatic heterocycles. The second kappa shape index (κ2) is 7.43. The number of aryl methyl sites for hydroxylation is 1. The van der Waals surface area contributed by atoms with Crippen molar-refractivity contribution in [1.82, 2.24) is 20.1 Å². The molecule has 4 heteroatoms. The summed E-state index contributed by atoms with van der Waals surface area (Å²) in [6.07, 6.45) is 6.36. The molecule has 0 radical (unpaired) electrons. The van der Waals surface area contributed by atoms with Crippen LogP contribution in [-0.4, -0.2) is 26.8 Å². The lowest BCUT2D eigenvalue weighted by atomic mass is 10.1. The third-order valence-electron chi connectivity index (χ3n) is 2.90. The standard InChI is InChI=1S/C13H26N4/c1-5-7-8-12(16-11(3)4)9-13-14-10-15-17(13)6-2/h10-12,16H,5-9H2,1-4H3. The number of hydrogen-bond donors (Lipinski definition) is 1. The van der Waals surface area contributed by atoms with Crippen LogP contribution < -0.4 is 5.32 Å². The van der Waals surface area contributed by atoms with E-state index in [1.165, 1.54) is 19.3 Å². The highest BCUT2D eigenvalue weighted by molar-refractivity contribution is 4.90. The molecule has 98 valence electrons. The Morgan fingerprint density at radius 1 is 1.35 bits per heavy atom. The summed E-state index contributed by atoms with van der Waals surface area (Å²) in [5.41, 5.74) is 0. The summed E-state index contributed by atoms with van der Waals surface area (Å²) in [5.74, 6) is 1.10. The van der Waals surface area contributed by atoms with Gasteiger partial charge >= 0.3 is 0 Å². The van der Waals surface area contributed by atoms with Gasteiger partial charge in [-0.05, 0) is 13.3 Å². The van der Waals surface area contributed by atoms with E-state index in [2.05, 4.69) is 43.1 Å². The molecule has 0 aliphatic carbocycles. The molecule has 0 aromatic carbocycles. The second-order valence-electron chi connectivity index (χ2n) is 4.86. The first-order valence-electron chi connectivity index (χ1n) is 6.80. The van der Waals surface area contributed by atoms with E-state index in [4.69, 9.17) is 0 Å². The fraction of sp³-hybridized carbons (Fsp3) is 0.846. The summed E-state index contributed by atoms with van der Waals surface area (Å²) >= 11 is 0. The van der Waals surface area contributed by atoms with Gasteiger partial charge in [-0.3, -0.25) is 4.68 Å². The van der Waals surface area contributed by atoms with Crippen LogP contribution in [-0.2, 0) is 13.0 Å². The molecule has 0 spiro atoms. The van der Waals surface area contributed by atoms with E-state index in [0.29, 0.717) is 12.1 Å². The van der Waals surface area contributed by atoms with Crippen LogP contribution in [0.25, 0.3) is 0 Å². The van der Waals surface area contributed by atoms with Crippen molar-refractivity contribution >= 4 is 0 Å². The molecule has 1 unspecified atom stereocenters. The Labute approximate surface area is 105 Å². The summed E-state index contributed by atoms with van der Waals surface area (Å²) in [6, 6.07) is 1.04. The van der Waals surface area contributed by atoms with Crippen LogP contribution in [0.2, 0.25) is 0 Å². The van der Waals surface area contributed by atoms with Gasteiger partial charge in [0, 0.05) is 25.0 Å². The number of unbranched alkanes of at least 4 members (excludes halogenated alkanes) is 1. The van der Waals surface area contributed by atoms with E-state index in [-0.39, 0.29) is 0 Å². The van der Waals surface area contributed by atoms with Gasteiger partial charge in [-0.1, -0.05) is 33.6 Å². The maximum Gasteiger partial charge on any atom is 0.138 e. The minimum Gasteiger partial charge on any atom is -0.311 e. The van der Waals surface area contributed by atoms with Crippen molar-refractivity contribution in [1.29, 1.82) is 0 Å². The van der Waals surface area contributed by atoms with Gasteiger partial charge in [0.25, 0.3) is 0 Å². The van der Waals surface area contributed by atoms with Crippen LogP contribution in [0.5, 0.6) is 0 Å². The maximum absolute atomic E-state index is 4.35. The lowest BCUT2D eigenvalue weighted by Crippen LogP contribution is -2.37. The summed E-state index contributed by atoms with van der Waals surface area (Å²) in [6.45, 7) is 9.64. The Balaban J connectivity index is 2.58. The SMILES string of the molecule is CCCCC(Cc1ncnn1CC)NC(C)C. The summed E-state index contributed by atoms with van der Waals surface area (Å²) in [4.78, 5) is 4.35. The first-order valence-corrected chi connectivity index (χ1v) is 6.80. The monoisotopic (exact) mass is 238 g/mol. The minimum absolute atomic E-state index is 0.518. The predicted molar refractivity (Wildman–Crippen MR) is 71.0 cm³/mol. The zero-order valence-electron chi connectivity index (χ0n) is 11.6. The van der Waals surface area contributed by atoms with Crippen molar-refractivity contribution < 1.29 is 0 Å². The van der Waals surface area contributed by atoms with Crippen LogP contribution in [0.4, 0.5) is 0 Å². The van der Waals surface area contributed by atoms with Crippen molar-refractivity contribution in [2.75, 3.05) is 0 Å². The van der Waals surface area contributed by atoms with Crippen LogP contribution in [0.15, 0.2) is 6.33 Å². The number of rotatable bonds is 8. The van der Waals surface area contributed by atoms with Crippen molar-refractivity contribution in [2.24, 2.45) is 0 Å². The third-order valence-corrected chi connectivity index (χ3v) is 2.90. The Hall–Kier alpha value is -0.900. The van der Waals surface area contributed by atoms with Gasteiger partial charge < -0.3 is 5.32 Å². The van der Waals surface area contributed by atoms with Crippen molar-refractivity contribution in [3.63, 3.8) is 0 Å². The van der Waals surface area contributed by atoms with Crippen LogP contribution in [0.3, 0.4) is 0 Å². The normalized spacial score (nSPS) is 13.2. The zero-order chi connectivity index (χ0) is 12.7. The van der Waals surface area contributed by atoms with Gasteiger partial charge in [-0.2, -0.15) is 5.10 Å². The minimum atomic E-state index is 0.518. The molecule has 1 atom stereocenters. The van der Waals surface area contributed by atoms with E-state index < -0.39 is 0 Å². The van der Waals surface area contributed by atoms with Crippen LogP contribution in [0.1, 0.15) is 52.8 Å². The summed E-state index contributed by atoms with van der Waals surface area (Å²) in [5, 5.41) is 7.85. The molecular weight excluding hydrogens is 212 g/mol. The smallest absolute Gasteiger partial charge is 0.138 e. The Morgan fingerprint density at radius 2 is 2.12 bits per heavy atom. The fourth-order valence-corrected chi connectivity index (χ4v) is 2.10. The number of hydrogen-bond acceptors (Lipinski definition) is 3. The van der Waals surface area contributed by atoms with E-state index in [0.717, 1.165) is 18.8 Å². The lowest BCUT2D eigenvalue weighted by molar-refractivity contribution is 0.411. The molecule has 0 bridgehead atoms. The van der Waals surface area contributed by atoms with Gasteiger partial charge in [0.05, 0.1) is 0 Å². The van der Waals surface area contributed by atoms with Gasteiger partial charge in [0.2, 0.25) is 0 Å². The topological polar surface area (TPSA) is 42.7 Å². The van der Waals surface area contributed by atoms with Crippen LogP contribution >= 0.6 is 0 Å². The highest BCUT2D eigenvalue weighted by Gasteiger charge is 2.13. The maximum atomic E-state index is 4.35. The molecule has 0 fully saturated rings. The average molecular weight is 238 g/mol. The van der Waals surface area contributed by atoms with Crippen molar-refractivity contribution in [3.8, 4) is 0 Å². The lowest BCUT2D eigenvalue weighted by Gasteiger charge is -2.20. The Morgan fingerprint density at radius 3 is 2.71 bits per heavy atom. The number of nitrogens with zero attached hydrogens (tertiary/aromatic N) is 3. The Bertz CT molecular complexity index is 306. The van der Waals surface area contributed by atoms with Crippen molar-refractivity contribution in [2.45, 2.75) is 72.0 Å².